The van der Waals surface area contributed by atoms with Crippen LogP contribution >= 0.6 is 0 Å². The summed E-state index contributed by atoms with van der Waals surface area (Å²) in [5.74, 6) is 1.39. The Labute approximate surface area is 171 Å². The molecule has 4 rings (SSSR count). The number of nitrogen functional groups attached to an aromatic ring is 1. The lowest BCUT2D eigenvalue weighted by molar-refractivity contribution is 0.203. The van der Waals surface area contributed by atoms with Gasteiger partial charge in [-0.2, -0.15) is 4.31 Å². The van der Waals surface area contributed by atoms with Crippen molar-refractivity contribution in [1.29, 1.82) is 0 Å². The summed E-state index contributed by atoms with van der Waals surface area (Å²) < 4.78 is 37.6. The Bertz CT molecular complexity index is 951. The first-order valence-corrected chi connectivity index (χ1v) is 12.1. The first kappa shape index (κ1) is 21.9. The number of hydrogen-bond acceptors (Lipinski definition) is 6. The molecule has 1 aliphatic carbocycles. The van der Waals surface area contributed by atoms with Gasteiger partial charge in [0.1, 0.15) is 17.5 Å². The van der Waals surface area contributed by atoms with Crippen molar-refractivity contribution >= 4 is 21.5 Å². The minimum Gasteiger partial charge on any atom is -0.367 e. The maximum atomic E-state index is 12.7. The number of anilines is 1. The van der Waals surface area contributed by atoms with Gasteiger partial charge in [0.25, 0.3) is 0 Å². The largest absolute Gasteiger partial charge is 0.367 e. The van der Waals surface area contributed by atoms with Gasteiger partial charge in [-0.3, -0.25) is 0 Å². The molecule has 162 valence electrons. The van der Waals surface area contributed by atoms with Crippen LogP contribution in [-0.2, 0) is 21.9 Å². The minimum absolute atomic E-state index is 0.0405. The molecule has 2 fully saturated rings. The number of hydrogen-bond donors (Lipinski definition) is 1. The molecule has 2 aliphatic rings. The van der Waals surface area contributed by atoms with E-state index in [0.29, 0.717) is 25.3 Å². The quantitative estimate of drug-likeness (QED) is 0.805. The average molecular weight is 427 g/mol. The molecule has 0 aromatic carbocycles. The van der Waals surface area contributed by atoms with Crippen LogP contribution in [0, 0.1) is 0 Å². The third-order valence-corrected chi connectivity index (χ3v) is 7.35. The summed E-state index contributed by atoms with van der Waals surface area (Å²) in [7, 11) is -3.17. The highest BCUT2D eigenvalue weighted by atomic mass is 32.2. The lowest BCUT2D eigenvalue weighted by atomic mass is 9.66. The lowest BCUT2D eigenvalue weighted by Gasteiger charge is -2.39. The Kier molecular flexibility index (Phi) is 6.42. The Morgan fingerprint density at radius 3 is 2.52 bits per heavy atom. The van der Waals surface area contributed by atoms with Gasteiger partial charge in [0.15, 0.2) is 0 Å². The number of nitrogens with two attached hydrogens (primary N) is 1. The monoisotopic (exact) mass is 426 g/mol. The molecule has 8 nitrogen and oxygen atoms in total. The van der Waals surface area contributed by atoms with E-state index in [0.717, 1.165) is 36.1 Å². The van der Waals surface area contributed by atoms with Crippen LogP contribution in [0.3, 0.4) is 0 Å². The number of alkyl halides is 1. The van der Waals surface area contributed by atoms with Crippen molar-refractivity contribution in [1.82, 2.24) is 23.9 Å². The predicted octanol–water partition coefficient (Wildman–Crippen LogP) is 2.48. The number of imidazole rings is 1. The van der Waals surface area contributed by atoms with E-state index in [1.54, 1.807) is 6.20 Å². The molecular weight excluding hydrogens is 395 g/mol. The Morgan fingerprint density at radius 1 is 1.31 bits per heavy atom. The Hall–Kier alpha value is -1.81. The van der Waals surface area contributed by atoms with Crippen LogP contribution in [0.15, 0.2) is 6.20 Å². The summed E-state index contributed by atoms with van der Waals surface area (Å²) in [6.45, 7) is 4.86. The van der Waals surface area contributed by atoms with E-state index in [1.165, 1.54) is 23.6 Å². The Balaban J connectivity index is 0.000000188. The second-order valence-corrected chi connectivity index (χ2v) is 9.98. The molecule has 0 radical (unpaired) electrons. The van der Waals surface area contributed by atoms with Gasteiger partial charge in [-0.25, -0.2) is 27.3 Å². The number of sulfonamides is 1. The fourth-order valence-corrected chi connectivity index (χ4v) is 4.98. The topological polar surface area (TPSA) is 106 Å². The van der Waals surface area contributed by atoms with Crippen LogP contribution in [0.4, 0.5) is 10.3 Å². The van der Waals surface area contributed by atoms with Crippen molar-refractivity contribution in [3.05, 3.63) is 17.7 Å². The molecule has 2 aromatic heterocycles. The van der Waals surface area contributed by atoms with Gasteiger partial charge >= 0.3 is 0 Å². The van der Waals surface area contributed by atoms with E-state index in [2.05, 4.69) is 23.9 Å². The van der Waals surface area contributed by atoms with Crippen LogP contribution in [-0.4, -0.2) is 57.8 Å². The molecule has 2 N–H and O–H groups in total. The molecular formula is C19H31FN6O2S. The zero-order valence-electron chi connectivity index (χ0n) is 17.4. The van der Waals surface area contributed by atoms with Crippen LogP contribution in [0.2, 0.25) is 0 Å². The maximum Gasteiger partial charge on any atom is 0.238 e. The molecule has 1 unspecified atom stereocenters. The molecule has 2 aromatic rings. The second-order valence-electron chi connectivity index (χ2n) is 8.00. The van der Waals surface area contributed by atoms with Crippen LogP contribution in [0.25, 0.3) is 5.52 Å². The summed E-state index contributed by atoms with van der Waals surface area (Å²) in [6.07, 6.45) is 8.76. The standard InChI is InChI=1S/C13H19N5.C6H12FNO2S/c1-3-9-10-8-15-12(14)17-18(10)11(16-9)13(4-2)6-5-7-13;1-11(9,10)8-4-2-3-6(7)5-8/h8H,3-7H2,1-2H3,(H2,14,17);6H,2-5H2,1H3. The molecule has 0 bridgehead atoms. The van der Waals surface area contributed by atoms with Crippen molar-refractivity contribution in [2.45, 2.75) is 70.4 Å². The SMILES string of the molecule is CCc1nc(C2(CC)CCC2)n2nc(N)ncc12.CS(=O)(=O)N1CCCC(F)C1. The molecule has 1 saturated carbocycles. The smallest absolute Gasteiger partial charge is 0.238 e. The zero-order chi connectivity index (χ0) is 21.2. The van der Waals surface area contributed by atoms with E-state index in [4.69, 9.17) is 10.7 Å². The highest BCUT2D eigenvalue weighted by molar-refractivity contribution is 7.88. The van der Waals surface area contributed by atoms with Gasteiger partial charge in [0, 0.05) is 18.5 Å². The minimum atomic E-state index is -3.17. The summed E-state index contributed by atoms with van der Waals surface area (Å²) in [5.41, 5.74) is 8.00. The average Bonchev–Trinajstić information content (AvgIpc) is 2.99. The van der Waals surface area contributed by atoms with Crippen molar-refractivity contribution in [2.24, 2.45) is 0 Å². The van der Waals surface area contributed by atoms with E-state index < -0.39 is 16.2 Å². The molecule has 1 saturated heterocycles. The number of piperidine rings is 1. The molecule has 10 heteroatoms. The number of aryl methyl sites for hydroxylation is 1. The zero-order valence-corrected chi connectivity index (χ0v) is 18.3. The lowest BCUT2D eigenvalue weighted by Crippen LogP contribution is -2.39. The number of fused-ring (bicyclic) bond motifs is 1. The molecule has 3 heterocycles. The second kappa shape index (κ2) is 8.51. The van der Waals surface area contributed by atoms with Gasteiger partial charge in [-0.1, -0.05) is 20.3 Å². The van der Waals surface area contributed by atoms with Gasteiger partial charge < -0.3 is 5.73 Å². The summed E-state index contributed by atoms with van der Waals surface area (Å²) in [4.78, 5) is 8.91. The third kappa shape index (κ3) is 4.53. The normalized spacial score (nSPS) is 22.0. The number of halogens is 1. The maximum absolute atomic E-state index is 12.7. The fraction of sp³-hybridized carbons (Fsp3) is 0.737. The first-order valence-electron chi connectivity index (χ1n) is 10.3. The summed E-state index contributed by atoms with van der Waals surface area (Å²) in [6, 6.07) is 0. The number of nitrogens with zero attached hydrogens (tertiary/aromatic N) is 5. The van der Waals surface area contributed by atoms with E-state index in [9.17, 15) is 12.8 Å². The highest BCUT2D eigenvalue weighted by Gasteiger charge is 2.41. The summed E-state index contributed by atoms with van der Waals surface area (Å²) in [5, 5.41) is 4.36. The van der Waals surface area contributed by atoms with Gasteiger partial charge in [0.2, 0.25) is 16.0 Å². The van der Waals surface area contributed by atoms with Crippen molar-refractivity contribution in [3.63, 3.8) is 0 Å². The van der Waals surface area contributed by atoms with Crippen molar-refractivity contribution in [3.8, 4) is 0 Å². The summed E-state index contributed by atoms with van der Waals surface area (Å²) >= 11 is 0. The highest BCUT2D eigenvalue weighted by Crippen LogP contribution is 2.45. The van der Waals surface area contributed by atoms with Crippen LogP contribution < -0.4 is 5.73 Å². The van der Waals surface area contributed by atoms with E-state index in [1.807, 2.05) is 4.52 Å². The van der Waals surface area contributed by atoms with Crippen molar-refractivity contribution in [2.75, 3.05) is 25.1 Å². The van der Waals surface area contributed by atoms with Crippen molar-refractivity contribution < 1.29 is 12.8 Å². The van der Waals surface area contributed by atoms with Crippen LogP contribution in [0.5, 0.6) is 0 Å². The molecule has 0 spiro atoms. The van der Waals surface area contributed by atoms with E-state index >= 15 is 0 Å². The molecule has 29 heavy (non-hydrogen) atoms. The van der Waals surface area contributed by atoms with Crippen LogP contribution in [0.1, 0.15) is 63.9 Å². The fourth-order valence-electron chi connectivity index (χ4n) is 4.09. The Morgan fingerprint density at radius 2 is 2.03 bits per heavy atom. The first-order chi connectivity index (χ1) is 13.7. The van der Waals surface area contributed by atoms with Gasteiger partial charge in [-0.05, 0) is 38.5 Å². The third-order valence-electron chi connectivity index (χ3n) is 6.08. The van der Waals surface area contributed by atoms with Gasteiger partial charge in [0.05, 0.1) is 18.1 Å². The molecule has 1 atom stereocenters. The predicted molar refractivity (Wildman–Crippen MR) is 111 cm³/mol. The molecule has 0 amide bonds. The number of rotatable bonds is 4. The number of aromatic nitrogens is 4. The van der Waals surface area contributed by atoms with Gasteiger partial charge in [-0.15, -0.1) is 5.10 Å². The molecule has 1 aliphatic heterocycles. The van der Waals surface area contributed by atoms with E-state index in [-0.39, 0.29) is 12.0 Å².